The second-order valence-corrected chi connectivity index (χ2v) is 2.80. The third kappa shape index (κ3) is 3.38. The number of amides is 1. The van der Waals surface area contributed by atoms with E-state index in [9.17, 15) is 4.79 Å². The summed E-state index contributed by atoms with van der Waals surface area (Å²) in [6.07, 6.45) is 2.57. The summed E-state index contributed by atoms with van der Waals surface area (Å²) < 4.78 is 0. The molecule has 2 N–H and O–H groups in total. The van der Waals surface area contributed by atoms with Crippen molar-refractivity contribution in [2.45, 2.75) is 19.8 Å². The highest BCUT2D eigenvalue weighted by Crippen LogP contribution is 2.00. The Morgan fingerprint density at radius 2 is 2.43 bits per heavy atom. The van der Waals surface area contributed by atoms with Gasteiger partial charge in [-0.3, -0.25) is 4.79 Å². The van der Waals surface area contributed by atoms with Crippen molar-refractivity contribution in [1.29, 1.82) is 0 Å². The lowest BCUT2D eigenvalue weighted by Crippen LogP contribution is -2.24. The van der Waals surface area contributed by atoms with Crippen LogP contribution < -0.4 is 5.32 Å². The van der Waals surface area contributed by atoms with E-state index in [0.29, 0.717) is 25.1 Å². The second-order valence-electron chi connectivity index (χ2n) is 2.80. The second kappa shape index (κ2) is 5.16. The minimum atomic E-state index is -0.232. The number of carbonyl (C=O) groups is 1. The molecule has 0 unspecified atom stereocenters. The molecule has 0 saturated carbocycles. The molecule has 0 aliphatic carbocycles. The van der Waals surface area contributed by atoms with Crippen molar-refractivity contribution < 1.29 is 9.90 Å². The Labute approximate surface area is 82.2 Å². The molecule has 14 heavy (non-hydrogen) atoms. The minimum Gasteiger partial charge on any atom is -0.479 e. The first kappa shape index (κ1) is 10.4. The first-order valence-electron chi connectivity index (χ1n) is 4.50. The van der Waals surface area contributed by atoms with Gasteiger partial charge in [0.25, 0.3) is 0 Å². The van der Waals surface area contributed by atoms with E-state index in [1.54, 1.807) is 13.0 Å². The molecule has 0 atom stereocenters. The van der Waals surface area contributed by atoms with E-state index in [4.69, 9.17) is 5.11 Å². The van der Waals surface area contributed by atoms with Crippen LogP contribution in [0, 0.1) is 0 Å². The van der Waals surface area contributed by atoms with Gasteiger partial charge in [-0.2, -0.15) is 0 Å². The van der Waals surface area contributed by atoms with E-state index in [1.807, 2.05) is 0 Å². The SMILES string of the molecule is CCC(=O)NCCc1ccnc(O)n1. The van der Waals surface area contributed by atoms with E-state index >= 15 is 0 Å². The summed E-state index contributed by atoms with van der Waals surface area (Å²) in [5.74, 6) is 0.0169. The number of hydrogen-bond donors (Lipinski definition) is 2. The van der Waals surface area contributed by atoms with Crippen LogP contribution in [0.3, 0.4) is 0 Å². The van der Waals surface area contributed by atoms with Crippen LogP contribution in [0.15, 0.2) is 12.3 Å². The lowest BCUT2D eigenvalue weighted by Gasteiger charge is -2.02. The minimum absolute atomic E-state index is 0.0169. The van der Waals surface area contributed by atoms with Gasteiger partial charge in [-0.05, 0) is 6.07 Å². The lowest BCUT2D eigenvalue weighted by atomic mass is 10.3. The first-order valence-corrected chi connectivity index (χ1v) is 4.50. The normalized spacial score (nSPS) is 9.79. The summed E-state index contributed by atoms with van der Waals surface area (Å²) in [5.41, 5.74) is 0.717. The summed E-state index contributed by atoms with van der Waals surface area (Å²) in [4.78, 5) is 18.2. The Morgan fingerprint density at radius 3 is 3.07 bits per heavy atom. The molecule has 0 spiro atoms. The highest BCUT2D eigenvalue weighted by molar-refractivity contribution is 5.75. The lowest BCUT2D eigenvalue weighted by molar-refractivity contribution is -0.120. The van der Waals surface area contributed by atoms with Crippen molar-refractivity contribution in [3.8, 4) is 6.01 Å². The molecule has 0 fully saturated rings. The molecule has 1 amide bonds. The summed E-state index contributed by atoms with van der Waals surface area (Å²) in [6, 6.07) is 1.47. The molecule has 5 nitrogen and oxygen atoms in total. The average molecular weight is 195 g/mol. The molecular weight excluding hydrogens is 182 g/mol. The van der Waals surface area contributed by atoms with Gasteiger partial charge in [0.2, 0.25) is 5.91 Å². The molecule has 0 saturated heterocycles. The van der Waals surface area contributed by atoms with E-state index in [2.05, 4.69) is 15.3 Å². The standard InChI is InChI=1S/C9H13N3O2/c1-2-8(13)10-5-3-7-4-6-11-9(14)12-7/h4,6H,2-3,5H2,1H3,(H,10,13)(H,11,12,14). The van der Waals surface area contributed by atoms with Gasteiger partial charge in [0.1, 0.15) is 0 Å². The molecule has 0 aliphatic heterocycles. The van der Waals surface area contributed by atoms with Gasteiger partial charge in [-0.15, -0.1) is 0 Å². The number of carbonyl (C=O) groups excluding carboxylic acids is 1. The molecule has 1 rings (SSSR count). The zero-order chi connectivity index (χ0) is 10.4. The van der Waals surface area contributed by atoms with Crippen LogP contribution in [0.25, 0.3) is 0 Å². The van der Waals surface area contributed by atoms with E-state index in [0.717, 1.165) is 0 Å². The maximum Gasteiger partial charge on any atom is 0.314 e. The van der Waals surface area contributed by atoms with E-state index in [-0.39, 0.29) is 11.9 Å². The molecule has 1 aromatic rings. The molecular formula is C9H13N3O2. The van der Waals surface area contributed by atoms with Gasteiger partial charge in [-0.25, -0.2) is 9.97 Å². The molecule has 1 aromatic heterocycles. The topological polar surface area (TPSA) is 75.1 Å². The van der Waals surface area contributed by atoms with Crippen LogP contribution in [-0.4, -0.2) is 27.5 Å². The summed E-state index contributed by atoms with van der Waals surface area (Å²) in [6.45, 7) is 2.33. The van der Waals surface area contributed by atoms with Crippen LogP contribution >= 0.6 is 0 Å². The maximum atomic E-state index is 10.9. The number of aromatic hydroxyl groups is 1. The summed E-state index contributed by atoms with van der Waals surface area (Å²) >= 11 is 0. The smallest absolute Gasteiger partial charge is 0.314 e. The van der Waals surface area contributed by atoms with Gasteiger partial charge in [0.05, 0.1) is 0 Å². The van der Waals surface area contributed by atoms with Gasteiger partial charge >= 0.3 is 6.01 Å². The fourth-order valence-electron chi connectivity index (χ4n) is 0.979. The van der Waals surface area contributed by atoms with Gasteiger partial charge in [0.15, 0.2) is 0 Å². The fraction of sp³-hybridized carbons (Fsp3) is 0.444. The van der Waals surface area contributed by atoms with Crippen LogP contribution in [0.4, 0.5) is 0 Å². The Morgan fingerprint density at radius 1 is 1.64 bits per heavy atom. The number of rotatable bonds is 4. The number of hydrogen-bond acceptors (Lipinski definition) is 4. The van der Waals surface area contributed by atoms with Crippen molar-refractivity contribution >= 4 is 5.91 Å². The Kier molecular flexibility index (Phi) is 3.84. The predicted molar refractivity (Wildman–Crippen MR) is 50.7 cm³/mol. The largest absolute Gasteiger partial charge is 0.479 e. The number of aromatic nitrogens is 2. The Hall–Kier alpha value is -1.65. The zero-order valence-electron chi connectivity index (χ0n) is 8.03. The average Bonchev–Trinajstić information content (AvgIpc) is 2.17. The first-order chi connectivity index (χ1) is 6.72. The van der Waals surface area contributed by atoms with Crippen LogP contribution in [0.5, 0.6) is 6.01 Å². The molecule has 0 aliphatic rings. The summed E-state index contributed by atoms with van der Waals surface area (Å²) in [5, 5.41) is 11.7. The molecule has 0 radical (unpaired) electrons. The van der Waals surface area contributed by atoms with Crippen molar-refractivity contribution in [2.75, 3.05) is 6.54 Å². The Bertz CT molecular complexity index is 315. The summed E-state index contributed by atoms with van der Waals surface area (Å²) in [7, 11) is 0. The maximum absolute atomic E-state index is 10.9. The fourth-order valence-corrected chi connectivity index (χ4v) is 0.979. The van der Waals surface area contributed by atoms with Crippen molar-refractivity contribution in [3.05, 3.63) is 18.0 Å². The van der Waals surface area contributed by atoms with Crippen molar-refractivity contribution in [3.63, 3.8) is 0 Å². The third-order valence-electron chi connectivity index (χ3n) is 1.72. The quantitative estimate of drug-likeness (QED) is 0.722. The Balaban J connectivity index is 2.35. The molecule has 0 bridgehead atoms. The van der Waals surface area contributed by atoms with Crippen LogP contribution in [0.1, 0.15) is 19.0 Å². The number of nitrogens with one attached hydrogen (secondary N) is 1. The van der Waals surface area contributed by atoms with Gasteiger partial charge < -0.3 is 10.4 Å². The van der Waals surface area contributed by atoms with Crippen LogP contribution in [0.2, 0.25) is 0 Å². The predicted octanol–water partition coefficient (Wildman–Crippen LogP) is 0.251. The zero-order valence-corrected chi connectivity index (χ0v) is 8.03. The number of nitrogens with zero attached hydrogens (tertiary/aromatic N) is 2. The third-order valence-corrected chi connectivity index (χ3v) is 1.72. The molecule has 0 aromatic carbocycles. The molecule has 1 heterocycles. The van der Waals surface area contributed by atoms with Crippen LogP contribution in [-0.2, 0) is 11.2 Å². The van der Waals surface area contributed by atoms with Gasteiger partial charge in [-0.1, -0.05) is 6.92 Å². The highest BCUT2D eigenvalue weighted by atomic mass is 16.3. The van der Waals surface area contributed by atoms with E-state index < -0.39 is 0 Å². The van der Waals surface area contributed by atoms with Gasteiger partial charge in [0, 0.05) is 31.3 Å². The molecule has 5 heteroatoms. The van der Waals surface area contributed by atoms with E-state index in [1.165, 1.54) is 6.20 Å². The highest BCUT2D eigenvalue weighted by Gasteiger charge is 1.99. The van der Waals surface area contributed by atoms with Crippen molar-refractivity contribution in [1.82, 2.24) is 15.3 Å². The monoisotopic (exact) mass is 195 g/mol. The van der Waals surface area contributed by atoms with Crippen molar-refractivity contribution in [2.24, 2.45) is 0 Å². The molecule has 76 valence electrons.